The van der Waals surface area contributed by atoms with E-state index in [0.717, 1.165) is 0 Å². The van der Waals surface area contributed by atoms with E-state index < -0.39 is 22.6 Å². The number of carbonyl (C=O) groups excluding carboxylic acids is 2. The lowest BCUT2D eigenvalue weighted by atomic mass is 9.96. The fourth-order valence-electron chi connectivity index (χ4n) is 1.77. The Morgan fingerprint density at radius 3 is 1.85 bits per heavy atom. The molecule has 2 amide bonds. The van der Waals surface area contributed by atoms with E-state index in [9.17, 15) is 9.59 Å². The molecule has 0 aromatic heterocycles. The fraction of sp³-hybridized carbons (Fsp3) is 0.833. The zero-order chi connectivity index (χ0) is 20.6. The Bertz CT molecular complexity index is 508. The summed E-state index contributed by atoms with van der Waals surface area (Å²) in [5, 5.41) is 12.0. The first-order valence-corrected chi connectivity index (χ1v) is 8.90. The largest absolute Gasteiger partial charge is 0.444 e. The van der Waals surface area contributed by atoms with Crippen LogP contribution in [-0.2, 0) is 9.53 Å². The number of carbonyl (C=O) groups is 2. The first-order valence-electron chi connectivity index (χ1n) is 8.90. The van der Waals surface area contributed by atoms with Gasteiger partial charge in [-0.25, -0.2) is 4.79 Å². The number of aliphatic imine (C=N–C) groups is 1. The van der Waals surface area contributed by atoms with Crippen LogP contribution in [0.2, 0.25) is 0 Å². The third-order valence-corrected chi connectivity index (χ3v) is 3.14. The number of nitrogens with one attached hydrogen (secondary N) is 4. The molecular formula is C18H38IN5O3. The van der Waals surface area contributed by atoms with E-state index in [1.165, 1.54) is 0 Å². The van der Waals surface area contributed by atoms with Gasteiger partial charge in [-0.2, -0.15) is 0 Å². The lowest BCUT2D eigenvalue weighted by molar-refractivity contribution is -0.128. The summed E-state index contributed by atoms with van der Waals surface area (Å²) in [6, 6.07) is 0. The fourth-order valence-corrected chi connectivity index (χ4v) is 1.77. The molecule has 0 fully saturated rings. The second-order valence-corrected chi connectivity index (χ2v) is 8.87. The van der Waals surface area contributed by atoms with E-state index in [4.69, 9.17) is 4.74 Å². The molecule has 0 aliphatic carbocycles. The summed E-state index contributed by atoms with van der Waals surface area (Å²) in [6.07, 6.45) is -0.461. The average molecular weight is 499 g/mol. The summed E-state index contributed by atoms with van der Waals surface area (Å²) in [7, 11) is 1.66. The van der Waals surface area contributed by atoms with Crippen molar-refractivity contribution in [1.29, 1.82) is 0 Å². The quantitative estimate of drug-likeness (QED) is 0.194. The molecule has 0 radical (unpaired) electrons. The molecule has 0 aliphatic heterocycles. The van der Waals surface area contributed by atoms with Crippen molar-refractivity contribution in [1.82, 2.24) is 21.3 Å². The van der Waals surface area contributed by atoms with Crippen molar-refractivity contribution in [3.05, 3.63) is 0 Å². The maximum absolute atomic E-state index is 11.9. The maximum atomic E-state index is 11.9. The summed E-state index contributed by atoms with van der Waals surface area (Å²) < 4.78 is 5.27. The van der Waals surface area contributed by atoms with E-state index in [-0.39, 0.29) is 29.9 Å². The van der Waals surface area contributed by atoms with Crippen molar-refractivity contribution < 1.29 is 14.3 Å². The number of amides is 2. The molecule has 8 nitrogen and oxygen atoms in total. The number of hydrogen-bond acceptors (Lipinski definition) is 4. The first-order chi connectivity index (χ1) is 11.7. The Balaban J connectivity index is 0. The molecule has 0 aromatic carbocycles. The smallest absolute Gasteiger partial charge is 0.408 e. The molecule has 4 N–H and O–H groups in total. The highest BCUT2D eigenvalue weighted by molar-refractivity contribution is 14.0. The summed E-state index contributed by atoms with van der Waals surface area (Å²) >= 11 is 0. The predicted molar refractivity (Wildman–Crippen MR) is 121 cm³/mol. The molecule has 9 heteroatoms. The van der Waals surface area contributed by atoms with Crippen LogP contribution in [0.5, 0.6) is 0 Å². The molecule has 0 heterocycles. The van der Waals surface area contributed by atoms with Gasteiger partial charge in [0.1, 0.15) is 5.60 Å². The van der Waals surface area contributed by atoms with Gasteiger partial charge in [0.15, 0.2) is 5.96 Å². The van der Waals surface area contributed by atoms with Crippen LogP contribution in [-0.4, -0.2) is 55.8 Å². The van der Waals surface area contributed by atoms with E-state index in [0.29, 0.717) is 25.6 Å². The molecule has 0 saturated carbocycles. The number of halogens is 1. The minimum atomic E-state index is -0.539. The zero-order valence-corrected chi connectivity index (χ0v) is 20.5. The van der Waals surface area contributed by atoms with Crippen LogP contribution in [0, 0.1) is 5.41 Å². The molecule has 160 valence electrons. The van der Waals surface area contributed by atoms with E-state index in [1.54, 1.807) is 7.05 Å². The normalized spacial score (nSPS) is 12.6. The zero-order valence-electron chi connectivity index (χ0n) is 18.2. The van der Waals surface area contributed by atoms with Crippen molar-refractivity contribution in [2.45, 2.75) is 66.5 Å². The molecule has 0 atom stereocenters. The van der Waals surface area contributed by atoms with Crippen LogP contribution in [0.4, 0.5) is 4.79 Å². The van der Waals surface area contributed by atoms with Crippen LogP contribution >= 0.6 is 24.0 Å². The maximum Gasteiger partial charge on any atom is 0.408 e. The second-order valence-electron chi connectivity index (χ2n) is 8.87. The molecule has 0 unspecified atom stereocenters. The molecule has 0 bridgehead atoms. The monoisotopic (exact) mass is 499 g/mol. The Hall–Kier alpha value is -1.26. The highest BCUT2D eigenvalue weighted by Crippen LogP contribution is 2.11. The average Bonchev–Trinajstić information content (AvgIpc) is 2.42. The van der Waals surface area contributed by atoms with Gasteiger partial charge < -0.3 is 26.0 Å². The Kier molecular flexibility index (Phi) is 12.0. The minimum Gasteiger partial charge on any atom is -0.444 e. The lowest BCUT2D eigenvalue weighted by Gasteiger charge is -2.29. The van der Waals surface area contributed by atoms with Gasteiger partial charge in [0.2, 0.25) is 5.91 Å². The Morgan fingerprint density at radius 1 is 0.889 bits per heavy atom. The number of rotatable bonds is 6. The summed E-state index contributed by atoms with van der Waals surface area (Å²) in [5.41, 5.74) is -1.47. The standard InChI is InChI=1S/C18H37N5O3.HI/c1-16(2,3)13(24)20-10-11-21-14(19-9)22-12-18(7,8)23-15(25)26-17(4,5)6;/h10-12H2,1-9H3,(H,20,24)(H,23,25)(H2,19,21,22);1H. The third-order valence-electron chi connectivity index (χ3n) is 3.14. The van der Waals surface area contributed by atoms with Crippen molar-refractivity contribution in [2.24, 2.45) is 10.4 Å². The van der Waals surface area contributed by atoms with Gasteiger partial charge in [-0.05, 0) is 34.6 Å². The molecule has 0 rings (SSSR count). The molecule has 0 saturated heterocycles. The van der Waals surface area contributed by atoms with Gasteiger partial charge >= 0.3 is 6.09 Å². The number of ether oxygens (including phenoxy) is 1. The predicted octanol–water partition coefficient (Wildman–Crippen LogP) is 2.23. The Labute approximate surface area is 181 Å². The summed E-state index contributed by atoms with van der Waals surface area (Å²) in [4.78, 5) is 27.8. The van der Waals surface area contributed by atoms with Crippen LogP contribution in [0.3, 0.4) is 0 Å². The summed E-state index contributed by atoms with van der Waals surface area (Å²) in [5.74, 6) is 0.596. The number of alkyl carbamates (subject to hydrolysis) is 1. The third kappa shape index (κ3) is 14.5. The molecule has 0 aliphatic rings. The second kappa shape index (κ2) is 11.6. The van der Waals surface area contributed by atoms with E-state index in [2.05, 4.69) is 26.3 Å². The van der Waals surface area contributed by atoms with E-state index in [1.807, 2.05) is 55.4 Å². The number of guanidine groups is 1. The summed E-state index contributed by atoms with van der Waals surface area (Å²) in [6.45, 7) is 16.4. The molecular weight excluding hydrogens is 461 g/mol. The van der Waals surface area contributed by atoms with Crippen LogP contribution < -0.4 is 21.3 Å². The molecule has 0 aromatic rings. The Morgan fingerprint density at radius 2 is 1.41 bits per heavy atom. The van der Waals surface area contributed by atoms with Crippen molar-refractivity contribution in [2.75, 3.05) is 26.7 Å². The molecule has 0 spiro atoms. The van der Waals surface area contributed by atoms with Gasteiger partial charge in [-0.1, -0.05) is 20.8 Å². The van der Waals surface area contributed by atoms with Gasteiger partial charge in [-0.15, -0.1) is 24.0 Å². The highest BCUT2D eigenvalue weighted by atomic mass is 127. The van der Waals surface area contributed by atoms with Crippen LogP contribution in [0.15, 0.2) is 4.99 Å². The van der Waals surface area contributed by atoms with Crippen molar-refractivity contribution >= 4 is 41.9 Å². The van der Waals surface area contributed by atoms with Gasteiger partial charge in [0.05, 0.1) is 5.54 Å². The first kappa shape index (κ1) is 28.0. The molecule has 27 heavy (non-hydrogen) atoms. The SMILES string of the molecule is CN=C(NCCNC(=O)C(C)(C)C)NCC(C)(C)NC(=O)OC(C)(C)C.I. The van der Waals surface area contributed by atoms with E-state index >= 15 is 0 Å². The highest BCUT2D eigenvalue weighted by Gasteiger charge is 2.25. The van der Waals surface area contributed by atoms with Gasteiger partial charge in [-0.3, -0.25) is 9.79 Å². The van der Waals surface area contributed by atoms with Crippen molar-refractivity contribution in [3.8, 4) is 0 Å². The minimum absolute atomic E-state index is 0. The van der Waals surface area contributed by atoms with Crippen LogP contribution in [0.25, 0.3) is 0 Å². The number of hydrogen-bond donors (Lipinski definition) is 4. The topological polar surface area (TPSA) is 104 Å². The van der Waals surface area contributed by atoms with Gasteiger partial charge in [0, 0.05) is 32.1 Å². The van der Waals surface area contributed by atoms with Gasteiger partial charge in [0.25, 0.3) is 0 Å². The van der Waals surface area contributed by atoms with Crippen molar-refractivity contribution in [3.63, 3.8) is 0 Å². The van der Waals surface area contributed by atoms with Crippen LogP contribution in [0.1, 0.15) is 55.4 Å². The number of nitrogens with zero attached hydrogens (tertiary/aromatic N) is 1. The lowest BCUT2D eigenvalue weighted by Crippen LogP contribution is -2.54.